The highest BCUT2D eigenvalue weighted by molar-refractivity contribution is 5.81. The van der Waals surface area contributed by atoms with Crippen LogP contribution in [0.5, 0.6) is 0 Å². The Bertz CT molecular complexity index is 387. The van der Waals surface area contributed by atoms with Crippen molar-refractivity contribution in [3.8, 4) is 0 Å². The number of furan rings is 1. The zero-order chi connectivity index (χ0) is 14.1. The SMILES string of the molecule is C=C(C)COCCNC(C)C(=O)NCc1ccco1. The lowest BCUT2D eigenvalue weighted by Gasteiger charge is -2.13. The summed E-state index contributed by atoms with van der Waals surface area (Å²) in [5.74, 6) is 0.682. The summed E-state index contributed by atoms with van der Waals surface area (Å²) in [7, 11) is 0. The minimum Gasteiger partial charge on any atom is -0.467 e. The van der Waals surface area contributed by atoms with Gasteiger partial charge in [-0.3, -0.25) is 4.79 Å². The summed E-state index contributed by atoms with van der Waals surface area (Å²) in [4.78, 5) is 11.7. The van der Waals surface area contributed by atoms with E-state index in [0.717, 1.165) is 11.3 Å². The van der Waals surface area contributed by atoms with Gasteiger partial charge in [-0.15, -0.1) is 0 Å². The Labute approximate surface area is 114 Å². The first-order chi connectivity index (χ1) is 9.09. The summed E-state index contributed by atoms with van der Waals surface area (Å²) >= 11 is 0. The van der Waals surface area contributed by atoms with E-state index < -0.39 is 0 Å². The molecule has 0 fully saturated rings. The van der Waals surface area contributed by atoms with Gasteiger partial charge in [0.1, 0.15) is 5.76 Å². The van der Waals surface area contributed by atoms with Crippen LogP contribution in [0, 0.1) is 0 Å². The van der Waals surface area contributed by atoms with E-state index in [0.29, 0.717) is 26.3 Å². The van der Waals surface area contributed by atoms with Crippen LogP contribution in [-0.4, -0.2) is 31.7 Å². The monoisotopic (exact) mass is 266 g/mol. The molecule has 19 heavy (non-hydrogen) atoms. The molecule has 0 aliphatic carbocycles. The number of nitrogens with one attached hydrogen (secondary N) is 2. The molecule has 5 heteroatoms. The molecule has 1 aromatic heterocycles. The molecule has 1 amide bonds. The van der Waals surface area contributed by atoms with Gasteiger partial charge in [-0.25, -0.2) is 0 Å². The lowest BCUT2D eigenvalue weighted by atomic mass is 10.3. The maximum Gasteiger partial charge on any atom is 0.237 e. The fourth-order valence-electron chi connectivity index (χ4n) is 1.43. The van der Waals surface area contributed by atoms with Crippen LogP contribution >= 0.6 is 0 Å². The molecule has 0 bridgehead atoms. The number of carbonyl (C=O) groups is 1. The molecule has 1 unspecified atom stereocenters. The van der Waals surface area contributed by atoms with Crippen molar-refractivity contribution in [3.63, 3.8) is 0 Å². The number of hydrogen-bond donors (Lipinski definition) is 2. The van der Waals surface area contributed by atoms with Crippen LogP contribution in [0.3, 0.4) is 0 Å². The predicted octanol–water partition coefficient (Wildman–Crippen LogP) is 1.47. The normalized spacial score (nSPS) is 12.1. The van der Waals surface area contributed by atoms with Crippen LogP contribution in [-0.2, 0) is 16.1 Å². The molecule has 1 rings (SSSR count). The van der Waals surface area contributed by atoms with Gasteiger partial charge in [-0.1, -0.05) is 12.2 Å². The average Bonchev–Trinajstić information content (AvgIpc) is 2.88. The summed E-state index contributed by atoms with van der Waals surface area (Å²) in [6.45, 7) is 9.63. The molecular weight excluding hydrogens is 244 g/mol. The van der Waals surface area contributed by atoms with E-state index in [1.54, 1.807) is 12.3 Å². The summed E-state index contributed by atoms with van der Waals surface area (Å²) in [6.07, 6.45) is 1.59. The quantitative estimate of drug-likeness (QED) is 0.525. The van der Waals surface area contributed by atoms with Crippen LogP contribution in [0.25, 0.3) is 0 Å². The molecule has 0 saturated carbocycles. The number of ether oxygens (including phenoxy) is 1. The van der Waals surface area contributed by atoms with E-state index in [1.807, 2.05) is 19.9 Å². The Balaban J connectivity index is 2.09. The van der Waals surface area contributed by atoms with Crippen molar-refractivity contribution in [2.45, 2.75) is 26.4 Å². The van der Waals surface area contributed by atoms with Crippen LogP contribution < -0.4 is 10.6 Å². The van der Waals surface area contributed by atoms with Crippen molar-refractivity contribution >= 4 is 5.91 Å². The van der Waals surface area contributed by atoms with Gasteiger partial charge in [0.2, 0.25) is 5.91 Å². The van der Waals surface area contributed by atoms with Crippen molar-refractivity contribution < 1.29 is 13.9 Å². The molecule has 0 saturated heterocycles. The maximum atomic E-state index is 11.7. The summed E-state index contributed by atoms with van der Waals surface area (Å²) < 4.78 is 10.5. The smallest absolute Gasteiger partial charge is 0.237 e. The minimum absolute atomic E-state index is 0.0590. The average molecular weight is 266 g/mol. The second-order valence-electron chi connectivity index (χ2n) is 4.48. The number of rotatable bonds is 9. The van der Waals surface area contributed by atoms with E-state index in [2.05, 4.69) is 17.2 Å². The topological polar surface area (TPSA) is 63.5 Å². The van der Waals surface area contributed by atoms with Crippen LogP contribution in [0.1, 0.15) is 19.6 Å². The third-order valence-electron chi connectivity index (χ3n) is 2.46. The van der Waals surface area contributed by atoms with Crippen molar-refractivity contribution in [1.82, 2.24) is 10.6 Å². The van der Waals surface area contributed by atoms with E-state index in [9.17, 15) is 4.79 Å². The van der Waals surface area contributed by atoms with Gasteiger partial charge in [-0.2, -0.15) is 0 Å². The number of amides is 1. The van der Waals surface area contributed by atoms with E-state index in [4.69, 9.17) is 9.15 Å². The Morgan fingerprint density at radius 1 is 1.58 bits per heavy atom. The lowest BCUT2D eigenvalue weighted by Crippen LogP contribution is -2.43. The van der Waals surface area contributed by atoms with Gasteiger partial charge in [-0.05, 0) is 26.0 Å². The zero-order valence-electron chi connectivity index (χ0n) is 11.6. The number of hydrogen-bond acceptors (Lipinski definition) is 4. The molecule has 0 aromatic carbocycles. The fourth-order valence-corrected chi connectivity index (χ4v) is 1.43. The van der Waals surface area contributed by atoms with Crippen molar-refractivity contribution in [3.05, 3.63) is 36.3 Å². The maximum absolute atomic E-state index is 11.7. The standard InChI is InChI=1S/C14H22N2O3/c1-11(2)10-18-8-6-15-12(3)14(17)16-9-13-5-4-7-19-13/h4-5,7,12,15H,1,6,8-10H2,2-3H3,(H,16,17). The van der Waals surface area contributed by atoms with Crippen LogP contribution in [0.4, 0.5) is 0 Å². The van der Waals surface area contributed by atoms with Gasteiger partial charge >= 0.3 is 0 Å². The lowest BCUT2D eigenvalue weighted by molar-refractivity contribution is -0.123. The third kappa shape index (κ3) is 6.79. The predicted molar refractivity (Wildman–Crippen MR) is 73.7 cm³/mol. The molecule has 1 aromatic rings. The summed E-state index contributed by atoms with van der Waals surface area (Å²) in [5, 5.41) is 5.88. The molecular formula is C14H22N2O3. The highest BCUT2D eigenvalue weighted by Crippen LogP contribution is 1.98. The van der Waals surface area contributed by atoms with Crippen molar-refractivity contribution in [2.24, 2.45) is 0 Å². The molecule has 1 atom stereocenters. The molecule has 1 heterocycles. The molecule has 0 aliphatic heterocycles. The molecule has 0 aliphatic rings. The molecule has 5 nitrogen and oxygen atoms in total. The second kappa shape index (κ2) is 8.50. The Morgan fingerprint density at radius 2 is 2.37 bits per heavy atom. The van der Waals surface area contributed by atoms with Gasteiger partial charge in [0.05, 0.1) is 32.1 Å². The van der Waals surface area contributed by atoms with Crippen molar-refractivity contribution in [2.75, 3.05) is 19.8 Å². The zero-order valence-corrected chi connectivity index (χ0v) is 11.6. The summed E-state index contributed by atoms with van der Waals surface area (Å²) in [5.41, 5.74) is 0.990. The van der Waals surface area contributed by atoms with Gasteiger partial charge in [0.25, 0.3) is 0 Å². The first-order valence-corrected chi connectivity index (χ1v) is 6.35. The third-order valence-corrected chi connectivity index (χ3v) is 2.46. The highest BCUT2D eigenvalue weighted by Gasteiger charge is 2.11. The summed E-state index contributed by atoms with van der Waals surface area (Å²) in [6, 6.07) is 3.36. The minimum atomic E-state index is -0.261. The molecule has 106 valence electrons. The largest absolute Gasteiger partial charge is 0.467 e. The Hall–Kier alpha value is -1.59. The highest BCUT2D eigenvalue weighted by atomic mass is 16.5. The fraction of sp³-hybridized carbons (Fsp3) is 0.500. The van der Waals surface area contributed by atoms with Crippen LogP contribution in [0.2, 0.25) is 0 Å². The Kier molecular flexibility index (Phi) is 6.92. The molecule has 2 N–H and O–H groups in total. The first-order valence-electron chi connectivity index (χ1n) is 6.35. The van der Waals surface area contributed by atoms with E-state index in [1.165, 1.54) is 0 Å². The van der Waals surface area contributed by atoms with E-state index in [-0.39, 0.29) is 11.9 Å². The van der Waals surface area contributed by atoms with Crippen LogP contribution in [0.15, 0.2) is 35.0 Å². The van der Waals surface area contributed by atoms with Crippen molar-refractivity contribution in [1.29, 1.82) is 0 Å². The molecule has 0 spiro atoms. The van der Waals surface area contributed by atoms with E-state index >= 15 is 0 Å². The van der Waals surface area contributed by atoms with Gasteiger partial charge < -0.3 is 19.8 Å². The second-order valence-corrected chi connectivity index (χ2v) is 4.48. The first kappa shape index (κ1) is 15.5. The van der Waals surface area contributed by atoms with Gasteiger partial charge in [0.15, 0.2) is 0 Å². The van der Waals surface area contributed by atoms with Gasteiger partial charge in [0, 0.05) is 6.54 Å². The Morgan fingerprint density at radius 3 is 3.00 bits per heavy atom. The molecule has 0 radical (unpaired) electrons. The number of carbonyl (C=O) groups excluding carboxylic acids is 1.